The molecule has 2 aromatic heterocycles. The van der Waals surface area contributed by atoms with Crippen molar-refractivity contribution >= 4 is 11.9 Å². The normalized spacial score (nSPS) is 11.3. The van der Waals surface area contributed by atoms with Crippen molar-refractivity contribution in [2.45, 2.75) is 32.2 Å². The lowest BCUT2D eigenvalue weighted by atomic mass is 9.93. The van der Waals surface area contributed by atoms with E-state index in [0.29, 0.717) is 11.5 Å². The topological polar surface area (TPSA) is 106 Å². The van der Waals surface area contributed by atoms with Crippen LogP contribution in [0.5, 0.6) is 0 Å². The molecular formula is C14H16N2O5. The van der Waals surface area contributed by atoms with E-state index in [1.807, 2.05) is 0 Å². The molecule has 0 spiro atoms. The Morgan fingerprint density at radius 3 is 2.57 bits per heavy atom. The molecule has 0 saturated carbocycles. The van der Waals surface area contributed by atoms with Crippen molar-refractivity contribution in [3.63, 3.8) is 0 Å². The lowest BCUT2D eigenvalue weighted by molar-refractivity contribution is -0.144. The van der Waals surface area contributed by atoms with Crippen LogP contribution >= 0.6 is 0 Å². The summed E-state index contributed by atoms with van der Waals surface area (Å²) in [6, 6.07) is 4.76. The molecule has 7 heteroatoms. The molecule has 0 aliphatic carbocycles. The standard InChI is InChI=1S/C14H16N2O5/c1-3-14(4-2,13(18)19)15-12(17)9-8-11(21-16-9)10-6-5-7-20-10/h5-8H,3-4H2,1-2H3,(H,15,17)(H,18,19). The van der Waals surface area contributed by atoms with Crippen LogP contribution in [-0.4, -0.2) is 27.7 Å². The van der Waals surface area contributed by atoms with Crippen LogP contribution in [0.25, 0.3) is 11.5 Å². The second kappa shape index (κ2) is 5.82. The second-order valence-corrected chi connectivity index (χ2v) is 4.60. The van der Waals surface area contributed by atoms with E-state index < -0.39 is 17.4 Å². The summed E-state index contributed by atoms with van der Waals surface area (Å²) in [6.45, 7) is 3.41. The smallest absolute Gasteiger partial charge is 0.329 e. The maximum absolute atomic E-state index is 12.1. The maximum Gasteiger partial charge on any atom is 0.329 e. The van der Waals surface area contributed by atoms with Gasteiger partial charge >= 0.3 is 5.97 Å². The van der Waals surface area contributed by atoms with E-state index in [1.54, 1.807) is 26.0 Å². The molecule has 0 aromatic carbocycles. The van der Waals surface area contributed by atoms with E-state index in [2.05, 4.69) is 10.5 Å². The van der Waals surface area contributed by atoms with Crippen LogP contribution in [0, 0.1) is 0 Å². The summed E-state index contributed by atoms with van der Waals surface area (Å²) < 4.78 is 10.2. The molecule has 0 atom stereocenters. The van der Waals surface area contributed by atoms with Crippen molar-refractivity contribution in [1.82, 2.24) is 10.5 Å². The predicted molar refractivity (Wildman–Crippen MR) is 72.6 cm³/mol. The van der Waals surface area contributed by atoms with Crippen LogP contribution in [0.2, 0.25) is 0 Å². The molecule has 2 aromatic rings. The molecule has 0 radical (unpaired) electrons. The SMILES string of the molecule is CCC(CC)(NC(=O)c1cc(-c2ccco2)on1)C(=O)O. The lowest BCUT2D eigenvalue weighted by Gasteiger charge is -2.27. The number of carboxylic acids is 1. The molecule has 7 nitrogen and oxygen atoms in total. The highest BCUT2D eigenvalue weighted by Gasteiger charge is 2.37. The van der Waals surface area contributed by atoms with Gasteiger partial charge in [-0.25, -0.2) is 4.79 Å². The van der Waals surface area contributed by atoms with E-state index in [4.69, 9.17) is 8.94 Å². The molecular weight excluding hydrogens is 276 g/mol. The lowest BCUT2D eigenvalue weighted by Crippen LogP contribution is -2.53. The predicted octanol–water partition coefficient (Wildman–Crippen LogP) is 2.31. The summed E-state index contributed by atoms with van der Waals surface area (Å²) in [7, 11) is 0. The van der Waals surface area contributed by atoms with Gasteiger partial charge in [-0.3, -0.25) is 4.79 Å². The van der Waals surface area contributed by atoms with E-state index in [0.717, 1.165) is 0 Å². The van der Waals surface area contributed by atoms with Gasteiger partial charge in [0.25, 0.3) is 5.91 Å². The van der Waals surface area contributed by atoms with Crippen molar-refractivity contribution in [2.24, 2.45) is 0 Å². The van der Waals surface area contributed by atoms with Crippen molar-refractivity contribution < 1.29 is 23.6 Å². The molecule has 112 valence electrons. The number of hydrogen-bond acceptors (Lipinski definition) is 5. The third kappa shape index (κ3) is 2.81. The Morgan fingerprint density at radius 2 is 2.05 bits per heavy atom. The van der Waals surface area contributed by atoms with Crippen LogP contribution in [0.4, 0.5) is 0 Å². The van der Waals surface area contributed by atoms with Gasteiger partial charge in [0, 0.05) is 6.07 Å². The Bertz CT molecular complexity index is 626. The third-order valence-electron chi connectivity index (χ3n) is 3.48. The number of nitrogens with zero attached hydrogens (tertiary/aromatic N) is 1. The highest BCUT2D eigenvalue weighted by atomic mass is 16.5. The van der Waals surface area contributed by atoms with Gasteiger partial charge in [-0.15, -0.1) is 0 Å². The van der Waals surface area contributed by atoms with E-state index in [1.165, 1.54) is 12.3 Å². The molecule has 0 bridgehead atoms. The fraction of sp³-hybridized carbons (Fsp3) is 0.357. The first-order valence-electron chi connectivity index (χ1n) is 6.59. The summed E-state index contributed by atoms with van der Waals surface area (Å²) in [4.78, 5) is 23.5. The van der Waals surface area contributed by atoms with Gasteiger partial charge in [0.15, 0.2) is 11.5 Å². The number of hydrogen-bond donors (Lipinski definition) is 2. The number of carbonyl (C=O) groups excluding carboxylic acids is 1. The number of aliphatic carboxylic acids is 1. The van der Waals surface area contributed by atoms with Crippen molar-refractivity contribution in [3.05, 3.63) is 30.2 Å². The van der Waals surface area contributed by atoms with Gasteiger partial charge in [0.2, 0.25) is 5.76 Å². The second-order valence-electron chi connectivity index (χ2n) is 4.60. The summed E-state index contributed by atoms with van der Waals surface area (Å²) in [5, 5.41) is 15.5. The van der Waals surface area contributed by atoms with Crippen LogP contribution in [0.15, 0.2) is 33.4 Å². The van der Waals surface area contributed by atoms with Gasteiger partial charge in [-0.2, -0.15) is 0 Å². The van der Waals surface area contributed by atoms with Crippen LogP contribution in [0.3, 0.4) is 0 Å². The minimum absolute atomic E-state index is 0.00826. The van der Waals surface area contributed by atoms with Crippen molar-refractivity contribution in [2.75, 3.05) is 0 Å². The number of amides is 1. The Hall–Kier alpha value is -2.57. The molecule has 0 aliphatic heterocycles. The molecule has 21 heavy (non-hydrogen) atoms. The summed E-state index contributed by atoms with van der Waals surface area (Å²) in [5.41, 5.74) is -1.30. The fourth-order valence-electron chi connectivity index (χ4n) is 1.98. The fourth-order valence-corrected chi connectivity index (χ4v) is 1.98. The summed E-state index contributed by atoms with van der Waals surface area (Å²) in [5.74, 6) is -0.922. The quantitative estimate of drug-likeness (QED) is 0.846. The monoisotopic (exact) mass is 292 g/mol. The largest absolute Gasteiger partial charge is 0.480 e. The van der Waals surface area contributed by atoms with Gasteiger partial charge in [0.05, 0.1) is 6.26 Å². The number of carboxylic acid groups (broad SMARTS) is 1. The first kappa shape index (κ1) is 14.8. The zero-order chi connectivity index (χ0) is 15.5. The highest BCUT2D eigenvalue weighted by Crippen LogP contribution is 2.21. The summed E-state index contributed by atoms with van der Waals surface area (Å²) in [6.07, 6.45) is 2.02. The Kier molecular flexibility index (Phi) is 4.11. The zero-order valence-corrected chi connectivity index (χ0v) is 11.8. The molecule has 1 amide bonds. The number of furan rings is 1. The Balaban J connectivity index is 2.19. The minimum Gasteiger partial charge on any atom is -0.480 e. The molecule has 0 aliphatic rings. The number of nitrogens with one attached hydrogen (secondary N) is 1. The minimum atomic E-state index is -1.30. The molecule has 2 N–H and O–H groups in total. The van der Waals surface area contributed by atoms with Gasteiger partial charge in [-0.05, 0) is 25.0 Å². The highest BCUT2D eigenvalue weighted by molar-refractivity contribution is 5.96. The molecule has 2 heterocycles. The van der Waals surface area contributed by atoms with Crippen LogP contribution in [-0.2, 0) is 4.79 Å². The van der Waals surface area contributed by atoms with E-state index >= 15 is 0 Å². The average Bonchev–Trinajstić information content (AvgIpc) is 3.13. The first-order valence-corrected chi connectivity index (χ1v) is 6.59. The van der Waals surface area contributed by atoms with Crippen LogP contribution in [0.1, 0.15) is 37.2 Å². The number of aromatic nitrogens is 1. The Labute approximate surface area is 120 Å². The molecule has 0 unspecified atom stereocenters. The molecule has 0 fully saturated rings. The number of rotatable bonds is 6. The van der Waals surface area contributed by atoms with Gasteiger partial charge < -0.3 is 19.4 Å². The maximum atomic E-state index is 12.1. The number of carbonyl (C=O) groups is 2. The average molecular weight is 292 g/mol. The zero-order valence-electron chi connectivity index (χ0n) is 11.8. The van der Waals surface area contributed by atoms with Gasteiger partial charge in [-0.1, -0.05) is 19.0 Å². The van der Waals surface area contributed by atoms with Crippen molar-refractivity contribution in [1.29, 1.82) is 0 Å². The van der Waals surface area contributed by atoms with Gasteiger partial charge in [0.1, 0.15) is 5.54 Å². The third-order valence-corrected chi connectivity index (χ3v) is 3.48. The molecule has 0 saturated heterocycles. The first-order chi connectivity index (χ1) is 10.0. The van der Waals surface area contributed by atoms with E-state index in [9.17, 15) is 14.7 Å². The van der Waals surface area contributed by atoms with Crippen LogP contribution < -0.4 is 5.32 Å². The Morgan fingerprint density at radius 1 is 1.33 bits per heavy atom. The van der Waals surface area contributed by atoms with E-state index in [-0.39, 0.29) is 18.5 Å². The molecule has 2 rings (SSSR count). The van der Waals surface area contributed by atoms with Crippen molar-refractivity contribution in [3.8, 4) is 11.5 Å². The summed E-state index contributed by atoms with van der Waals surface area (Å²) >= 11 is 0.